The van der Waals surface area contributed by atoms with E-state index in [1.165, 1.54) is 0 Å². The maximum atomic E-state index is 12.0. The van der Waals surface area contributed by atoms with E-state index in [2.05, 4.69) is 13.8 Å². The van der Waals surface area contributed by atoms with Gasteiger partial charge in [-0.3, -0.25) is 0 Å². The third-order valence-corrected chi connectivity index (χ3v) is 7.79. The van der Waals surface area contributed by atoms with Crippen molar-refractivity contribution in [2.24, 2.45) is 5.92 Å². The summed E-state index contributed by atoms with van der Waals surface area (Å²) in [7, 11) is -4.67. The second kappa shape index (κ2) is 17.6. The van der Waals surface area contributed by atoms with Crippen LogP contribution in [0, 0.1) is 5.92 Å². The molecule has 3 aromatic rings. The van der Waals surface area contributed by atoms with Crippen molar-refractivity contribution in [1.29, 1.82) is 0 Å². The Bertz CT molecular complexity index is 1260. The van der Waals surface area contributed by atoms with Crippen molar-refractivity contribution < 1.29 is 66.2 Å². The standard InChI is InChI=1S/C32H40O8S.Na/c1-3-24(2)19-39-32-31(38-22-27-17-11-6-12-18-27)30(37-21-26-15-9-5-10-16-26)29(28(40-32)23-41(33,34)35)36-20-25-13-7-4-8-14-25;/h4-18,24,28-32H,3,19-23H2,1-2H3,(H,33,34,35);/q;+1/p-1. The minimum atomic E-state index is -4.67. The van der Waals surface area contributed by atoms with Gasteiger partial charge in [0.05, 0.1) is 42.3 Å². The summed E-state index contributed by atoms with van der Waals surface area (Å²) in [5.74, 6) is -0.558. The molecule has 1 fully saturated rings. The molecule has 6 unspecified atom stereocenters. The summed E-state index contributed by atoms with van der Waals surface area (Å²) in [6.45, 7) is 5.11. The molecule has 0 radical (unpaired) electrons. The molecule has 0 aliphatic carbocycles. The molecule has 0 N–H and O–H groups in total. The number of hydrogen-bond acceptors (Lipinski definition) is 8. The van der Waals surface area contributed by atoms with Crippen LogP contribution in [0.2, 0.25) is 0 Å². The molecule has 1 aliphatic rings. The molecule has 0 bridgehead atoms. The van der Waals surface area contributed by atoms with Crippen LogP contribution in [0.25, 0.3) is 0 Å². The van der Waals surface area contributed by atoms with E-state index in [9.17, 15) is 13.0 Å². The largest absolute Gasteiger partial charge is 1.00 e. The van der Waals surface area contributed by atoms with E-state index in [4.69, 9.17) is 23.7 Å². The first-order valence-electron chi connectivity index (χ1n) is 14.0. The molecule has 0 aromatic heterocycles. The molecule has 10 heteroatoms. The molecular weight excluding hydrogens is 567 g/mol. The van der Waals surface area contributed by atoms with Crippen LogP contribution in [0.3, 0.4) is 0 Å². The van der Waals surface area contributed by atoms with Gasteiger partial charge in [0.15, 0.2) is 6.29 Å². The van der Waals surface area contributed by atoms with E-state index in [-0.39, 0.29) is 55.3 Å². The SMILES string of the molecule is CCC(C)COC1OC(CS(=O)(=O)[O-])C(OCc2ccccc2)C(OCc2ccccc2)C1OCc1ccccc1.[Na+]. The van der Waals surface area contributed by atoms with Crippen LogP contribution in [-0.4, -0.2) is 56.0 Å². The summed E-state index contributed by atoms with van der Waals surface area (Å²) in [4.78, 5) is 0. The van der Waals surface area contributed by atoms with Gasteiger partial charge in [0.1, 0.15) is 24.4 Å². The van der Waals surface area contributed by atoms with Crippen LogP contribution in [0.5, 0.6) is 0 Å². The van der Waals surface area contributed by atoms with E-state index >= 15 is 0 Å². The Labute approximate surface area is 271 Å². The molecule has 0 saturated carbocycles. The van der Waals surface area contributed by atoms with Crippen molar-refractivity contribution >= 4 is 10.1 Å². The van der Waals surface area contributed by atoms with Crippen LogP contribution in [0.4, 0.5) is 0 Å². The van der Waals surface area contributed by atoms with Gasteiger partial charge in [0, 0.05) is 0 Å². The van der Waals surface area contributed by atoms with Gasteiger partial charge in [-0.05, 0) is 22.6 Å². The Hall–Kier alpha value is -1.63. The first kappa shape index (κ1) is 34.9. The zero-order valence-corrected chi connectivity index (χ0v) is 27.4. The summed E-state index contributed by atoms with van der Waals surface area (Å²) >= 11 is 0. The monoisotopic (exact) mass is 606 g/mol. The van der Waals surface area contributed by atoms with Gasteiger partial charge >= 0.3 is 29.6 Å². The third kappa shape index (κ3) is 11.1. The van der Waals surface area contributed by atoms with Gasteiger partial charge in [0.25, 0.3) is 0 Å². The zero-order chi connectivity index (χ0) is 29.1. The molecule has 1 heterocycles. The van der Waals surface area contributed by atoms with E-state index in [1.54, 1.807) is 0 Å². The molecule has 222 valence electrons. The summed E-state index contributed by atoms with van der Waals surface area (Å²) in [6.07, 6.45) is -3.71. The van der Waals surface area contributed by atoms with Gasteiger partial charge < -0.3 is 28.2 Å². The fourth-order valence-corrected chi connectivity index (χ4v) is 5.26. The predicted molar refractivity (Wildman–Crippen MR) is 154 cm³/mol. The van der Waals surface area contributed by atoms with Crippen LogP contribution < -0.4 is 29.6 Å². The van der Waals surface area contributed by atoms with Crippen molar-refractivity contribution in [1.82, 2.24) is 0 Å². The summed E-state index contributed by atoms with van der Waals surface area (Å²) in [6, 6.07) is 28.8. The van der Waals surface area contributed by atoms with Gasteiger partial charge in [-0.1, -0.05) is 111 Å². The minimum absolute atomic E-state index is 0. The Kier molecular flexibility index (Phi) is 14.6. The molecule has 42 heavy (non-hydrogen) atoms. The van der Waals surface area contributed by atoms with E-state index in [0.717, 1.165) is 23.1 Å². The van der Waals surface area contributed by atoms with Crippen molar-refractivity contribution in [2.45, 2.75) is 70.8 Å². The van der Waals surface area contributed by atoms with Crippen molar-refractivity contribution in [3.05, 3.63) is 108 Å². The quantitative estimate of drug-likeness (QED) is 0.192. The zero-order valence-electron chi connectivity index (χ0n) is 24.5. The van der Waals surface area contributed by atoms with Crippen LogP contribution in [-0.2, 0) is 53.6 Å². The van der Waals surface area contributed by atoms with Crippen molar-refractivity contribution in [3.63, 3.8) is 0 Å². The molecule has 6 atom stereocenters. The fraction of sp³-hybridized carbons (Fsp3) is 0.438. The number of rotatable bonds is 15. The van der Waals surface area contributed by atoms with Gasteiger partial charge in [-0.15, -0.1) is 0 Å². The van der Waals surface area contributed by atoms with Gasteiger partial charge in [-0.2, -0.15) is 0 Å². The number of ether oxygens (including phenoxy) is 5. The predicted octanol–water partition coefficient (Wildman–Crippen LogP) is 2.08. The van der Waals surface area contributed by atoms with E-state index in [0.29, 0.717) is 6.61 Å². The Balaban J connectivity index is 0.00000484. The Morgan fingerprint density at radius 1 is 0.714 bits per heavy atom. The molecule has 4 rings (SSSR count). The summed E-state index contributed by atoms with van der Waals surface area (Å²) in [5, 5.41) is 0. The molecule has 8 nitrogen and oxygen atoms in total. The Morgan fingerprint density at radius 3 is 1.57 bits per heavy atom. The fourth-order valence-electron chi connectivity index (χ4n) is 4.59. The second-order valence-corrected chi connectivity index (χ2v) is 11.8. The van der Waals surface area contributed by atoms with Crippen LogP contribution in [0.1, 0.15) is 37.0 Å². The summed E-state index contributed by atoms with van der Waals surface area (Å²) < 4.78 is 67.7. The molecule has 3 aromatic carbocycles. The maximum Gasteiger partial charge on any atom is 1.00 e. The van der Waals surface area contributed by atoms with Gasteiger partial charge in [-0.25, -0.2) is 8.42 Å². The van der Waals surface area contributed by atoms with Crippen LogP contribution >= 0.6 is 0 Å². The van der Waals surface area contributed by atoms with E-state index in [1.807, 2.05) is 91.0 Å². The first-order chi connectivity index (χ1) is 19.8. The molecule has 1 saturated heterocycles. The van der Waals surface area contributed by atoms with Crippen LogP contribution in [0.15, 0.2) is 91.0 Å². The Morgan fingerprint density at radius 2 is 1.14 bits per heavy atom. The number of hydrogen-bond donors (Lipinski definition) is 0. The molecule has 0 spiro atoms. The van der Waals surface area contributed by atoms with Crippen molar-refractivity contribution in [2.75, 3.05) is 12.4 Å². The summed E-state index contributed by atoms with van der Waals surface area (Å²) in [5.41, 5.74) is 2.75. The maximum absolute atomic E-state index is 12.0. The normalized spacial score (nSPS) is 23.2. The molecule has 0 amide bonds. The topological polar surface area (TPSA) is 103 Å². The average Bonchev–Trinajstić information content (AvgIpc) is 2.98. The third-order valence-electron chi connectivity index (χ3n) is 7.06. The smallest absolute Gasteiger partial charge is 0.748 e. The van der Waals surface area contributed by atoms with Gasteiger partial charge in [0.2, 0.25) is 0 Å². The molecule has 1 aliphatic heterocycles. The second-order valence-electron chi connectivity index (χ2n) is 10.4. The van der Waals surface area contributed by atoms with E-state index < -0.39 is 46.6 Å². The molecular formula is C32H39NaO8S. The van der Waals surface area contributed by atoms with Crippen molar-refractivity contribution in [3.8, 4) is 0 Å². The number of benzene rings is 3. The first-order valence-corrected chi connectivity index (χ1v) is 15.6. The minimum Gasteiger partial charge on any atom is -0.748 e. The average molecular weight is 607 g/mol.